The van der Waals surface area contributed by atoms with Crippen molar-refractivity contribution in [3.8, 4) is 5.75 Å². The highest BCUT2D eigenvalue weighted by atomic mass is 35.5. The Kier molecular flexibility index (Phi) is 8.70. The zero-order chi connectivity index (χ0) is 24.7. The van der Waals surface area contributed by atoms with E-state index >= 15 is 0 Å². The van der Waals surface area contributed by atoms with Crippen molar-refractivity contribution in [3.63, 3.8) is 0 Å². The van der Waals surface area contributed by atoms with Crippen LogP contribution in [0, 0.1) is 0 Å². The summed E-state index contributed by atoms with van der Waals surface area (Å²) in [6, 6.07) is 12.6. The Balaban J connectivity index is 1.99. The SMILES string of the molecule is CNc1nc(Sc2cccc(OC(F)(F)F)c2)n(Cc2ccc(Cl)cc2)c1C(=O)NCCCO. The third-order valence-corrected chi connectivity index (χ3v) is 5.74. The molecule has 0 unspecified atom stereocenters. The molecule has 3 rings (SSSR count). The molecule has 0 aliphatic heterocycles. The number of hydrogen-bond acceptors (Lipinski definition) is 6. The topological polar surface area (TPSA) is 88.4 Å². The van der Waals surface area contributed by atoms with Crippen molar-refractivity contribution >= 4 is 35.1 Å². The Bertz CT molecular complexity index is 1120. The van der Waals surface area contributed by atoms with Gasteiger partial charge in [0.2, 0.25) is 0 Å². The Hall–Kier alpha value is -2.89. The van der Waals surface area contributed by atoms with Crippen molar-refractivity contribution in [2.75, 3.05) is 25.5 Å². The van der Waals surface area contributed by atoms with Crippen LogP contribution in [0.3, 0.4) is 0 Å². The molecule has 0 bridgehead atoms. The van der Waals surface area contributed by atoms with E-state index in [-0.39, 0.29) is 31.1 Å². The number of alkyl halides is 3. The highest BCUT2D eigenvalue weighted by Crippen LogP contribution is 2.34. The summed E-state index contributed by atoms with van der Waals surface area (Å²) in [5.41, 5.74) is 1.09. The second-order valence-electron chi connectivity index (χ2n) is 7.01. The number of anilines is 1. The molecule has 0 radical (unpaired) electrons. The first-order valence-electron chi connectivity index (χ1n) is 10.2. The zero-order valence-corrected chi connectivity index (χ0v) is 19.6. The van der Waals surface area contributed by atoms with Crippen LogP contribution in [0.5, 0.6) is 5.75 Å². The number of aromatic nitrogens is 2. The van der Waals surface area contributed by atoms with E-state index in [1.807, 2.05) is 0 Å². The third kappa shape index (κ3) is 7.05. The second-order valence-corrected chi connectivity index (χ2v) is 8.49. The number of amides is 1. The Morgan fingerprint density at radius 2 is 1.97 bits per heavy atom. The van der Waals surface area contributed by atoms with E-state index < -0.39 is 12.3 Å². The fourth-order valence-corrected chi connectivity index (χ4v) is 4.10. The predicted molar refractivity (Wildman–Crippen MR) is 124 cm³/mol. The molecule has 0 fully saturated rings. The smallest absolute Gasteiger partial charge is 0.406 e. The van der Waals surface area contributed by atoms with Gasteiger partial charge in [0.1, 0.15) is 5.75 Å². The van der Waals surface area contributed by atoms with Crippen LogP contribution in [0.4, 0.5) is 19.0 Å². The van der Waals surface area contributed by atoms with Crippen molar-refractivity contribution in [2.24, 2.45) is 0 Å². The summed E-state index contributed by atoms with van der Waals surface area (Å²) in [7, 11) is 1.62. The maximum absolute atomic E-state index is 13.0. The fraction of sp³-hybridized carbons (Fsp3) is 0.273. The molecular weight excluding hydrogens is 493 g/mol. The minimum atomic E-state index is -4.81. The molecule has 0 saturated carbocycles. The van der Waals surface area contributed by atoms with Crippen molar-refractivity contribution < 1.29 is 27.8 Å². The summed E-state index contributed by atoms with van der Waals surface area (Å²) in [6.07, 6.45) is -4.42. The van der Waals surface area contributed by atoms with E-state index in [2.05, 4.69) is 20.4 Å². The van der Waals surface area contributed by atoms with Gasteiger partial charge in [-0.15, -0.1) is 13.2 Å². The molecule has 0 aliphatic rings. The number of nitrogens with zero attached hydrogens (tertiary/aromatic N) is 2. The van der Waals surface area contributed by atoms with Crippen LogP contribution in [0.25, 0.3) is 0 Å². The van der Waals surface area contributed by atoms with Gasteiger partial charge in [0.25, 0.3) is 5.91 Å². The first-order chi connectivity index (χ1) is 16.2. The molecule has 2 aromatic carbocycles. The first-order valence-corrected chi connectivity index (χ1v) is 11.3. The van der Waals surface area contributed by atoms with E-state index in [0.29, 0.717) is 27.3 Å². The number of benzene rings is 2. The molecule has 182 valence electrons. The van der Waals surface area contributed by atoms with E-state index in [4.69, 9.17) is 16.7 Å². The van der Waals surface area contributed by atoms with Crippen molar-refractivity contribution in [3.05, 3.63) is 64.8 Å². The molecule has 34 heavy (non-hydrogen) atoms. The van der Waals surface area contributed by atoms with Crippen LogP contribution in [-0.2, 0) is 6.54 Å². The standard InChI is InChI=1S/C22H22ClF3N4O3S/c1-27-19-18(20(32)28-10-3-11-31)30(13-14-6-8-15(23)9-7-14)21(29-19)34-17-5-2-4-16(12-17)33-22(24,25)26/h2,4-9,12,27,31H,3,10-11,13H2,1H3,(H,28,32). The molecule has 1 amide bonds. The van der Waals surface area contributed by atoms with Crippen LogP contribution in [0.15, 0.2) is 58.6 Å². The van der Waals surface area contributed by atoms with Gasteiger partial charge in [-0.1, -0.05) is 41.6 Å². The summed E-state index contributed by atoms with van der Waals surface area (Å²) in [5.74, 6) is -0.454. The number of carbonyl (C=O) groups excluding carboxylic acids is 1. The van der Waals surface area contributed by atoms with Gasteiger partial charge in [0.05, 0.1) is 6.54 Å². The Morgan fingerprint density at radius 1 is 1.24 bits per heavy atom. The van der Waals surface area contributed by atoms with Gasteiger partial charge in [-0.25, -0.2) is 4.98 Å². The van der Waals surface area contributed by atoms with Gasteiger partial charge < -0.3 is 25.0 Å². The number of nitrogens with one attached hydrogen (secondary N) is 2. The minimum absolute atomic E-state index is 0.0688. The Labute approximate surface area is 203 Å². The monoisotopic (exact) mass is 514 g/mol. The lowest BCUT2D eigenvalue weighted by molar-refractivity contribution is -0.274. The highest BCUT2D eigenvalue weighted by molar-refractivity contribution is 7.99. The summed E-state index contributed by atoms with van der Waals surface area (Å²) in [4.78, 5) is 17.9. The van der Waals surface area contributed by atoms with Crippen molar-refractivity contribution in [1.29, 1.82) is 0 Å². The van der Waals surface area contributed by atoms with Crippen LogP contribution >= 0.6 is 23.4 Å². The number of carbonyl (C=O) groups is 1. The summed E-state index contributed by atoms with van der Waals surface area (Å²) >= 11 is 7.07. The van der Waals surface area contributed by atoms with E-state index in [1.54, 1.807) is 41.9 Å². The van der Waals surface area contributed by atoms with Crippen LogP contribution in [0.2, 0.25) is 5.02 Å². The van der Waals surface area contributed by atoms with Gasteiger partial charge in [-0.2, -0.15) is 0 Å². The first kappa shape index (κ1) is 25.7. The molecule has 0 saturated heterocycles. The van der Waals surface area contributed by atoms with Gasteiger partial charge in [-0.3, -0.25) is 4.79 Å². The maximum Gasteiger partial charge on any atom is 0.573 e. The molecule has 3 N–H and O–H groups in total. The minimum Gasteiger partial charge on any atom is -0.406 e. The number of halogens is 4. The number of hydrogen-bond donors (Lipinski definition) is 3. The Morgan fingerprint density at radius 3 is 2.62 bits per heavy atom. The second kappa shape index (κ2) is 11.5. The lowest BCUT2D eigenvalue weighted by atomic mass is 10.2. The summed E-state index contributed by atoms with van der Waals surface area (Å²) in [6.45, 7) is 0.459. The number of rotatable bonds is 10. The van der Waals surface area contributed by atoms with Crippen molar-refractivity contribution in [2.45, 2.75) is 29.4 Å². The van der Waals surface area contributed by atoms with Gasteiger partial charge in [0.15, 0.2) is 16.7 Å². The lowest BCUT2D eigenvalue weighted by Gasteiger charge is -2.13. The van der Waals surface area contributed by atoms with Crippen molar-refractivity contribution in [1.82, 2.24) is 14.9 Å². The predicted octanol–water partition coefficient (Wildman–Crippen LogP) is 4.79. The zero-order valence-electron chi connectivity index (χ0n) is 18.0. The molecule has 0 atom stereocenters. The summed E-state index contributed by atoms with van der Waals surface area (Å²) < 4.78 is 43.6. The van der Waals surface area contributed by atoms with Crippen LogP contribution < -0.4 is 15.4 Å². The van der Waals surface area contributed by atoms with Gasteiger partial charge in [-0.05, 0) is 42.3 Å². The molecule has 1 heterocycles. The number of imidazole rings is 1. The quantitative estimate of drug-likeness (QED) is 0.337. The maximum atomic E-state index is 13.0. The number of aliphatic hydroxyl groups is 1. The van der Waals surface area contributed by atoms with Crippen LogP contribution in [0.1, 0.15) is 22.5 Å². The molecular formula is C22H22ClF3N4O3S. The van der Waals surface area contributed by atoms with Gasteiger partial charge in [0, 0.05) is 30.1 Å². The highest BCUT2D eigenvalue weighted by Gasteiger charge is 2.31. The normalized spacial score (nSPS) is 11.4. The van der Waals surface area contributed by atoms with Gasteiger partial charge >= 0.3 is 6.36 Å². The average molecular weight is 515 g/mol. The largest absolute Gasteiger partial charge is 0.573 e. The average Bonchev–Trinajstić information content (AvgIpc) is 3.11. The molecule has 1 aromatic heterocycles. The third-order valence-electron chi connectivity index (χ3n) is 4.51. The number of aliphatic hydroxyl groups excluding tert-OH is 1. The lowest BCUT2D eigenvalue weighted by Crippen LogP contribution is -2.28. The number of ether oxygens (including phenoxy) is 1. The summed E-state index contributed by atoms with van der Waals surface area (Å²) in [5, 5.41) is 15.6. The molecule has 0 spiro atoms. The van der Waals surface area contributed by atoms with E-state index in [1.165, 1.54) is 18.2 Å². The van der Waals surface area contributed by atoms with E-state index in [0.717, 1.165) is 17.3 Å². The molecule has 0 aliphatic carbocycles. The molecule has 3 aromatic rings. The fourth-order valence-electron chi connectivity index (χ4n) is 3.04. The molecule has 7 nitrogen and oxygen atoms in total. The molecule has 12 heteroatoms. The van der Waals surface area contributed by atoms with E-state index in [9.17, 15) is 18.0 Å². The van der Waals surface area contributed by atoms with Crippen LogP contribution in [-0.4, -0.2) is 47.1 Å².